The molecule has 1 fully saturated rings. The van der Waals surface area contributed by atoms with Crippen LogP contribution < -0.4 is 10.5 Å². The molecule has 0 aliphatic heterocycles. The fraction of sp³-hybridized carbons (Fsp3) is 0.667. The van der Waals surface area contributed by atoms with Crippen LogP contribution in [0.4, 0.5) is 0 Å². The van der Waals surface area contributed by atoms with Gasteiger partial charge in [0.25, 0.3) is 0 Å². The number of hydrogen-bond acceptors (Lipinski definition) is 3. The van der Waals surface area contributed by atoms with Crippen LogP contribution in [0.1, 0.15) is 44.1 Å². The first-order chi connectivity index (χ1) is 8.88. The largest absolute Gasteiger partial charge is 0.477 e. The highest BCUT2D eigenvalue weighted by molar-refractivity contribution is 5.20. The maximum Gasteiger partial charge on any atom is 0.213 e. The van der Waals surface area contributed by atoms with Crippen molar-refractivity contribution in [2.75, 3.05) is 13.2 Å². The van der Waals surface area contributed by atoms with Crippen molar-refractivity contribution in [2.45, 2.75) is 44.9 Å². The molecule has 0 amide bonds. The average Bonchev–Trinajstić information content (AvgIpc) is 2.44. The minimum atomic E-state index is 0.730. The van der Waals surface area contributed by atoms with Crippen LogP contribution in [0.3, 0.4) is 0 Å². The number of pyridine rings is 1. The van der Waals surface area contributed by atoms with Crippen molar-refractivity contribution in [3.05, 3.63) is 23.9 Å². The SMILES string of the molecule is NCCCc1ccnc(OCC2CCCCC2)c1. The third-order valence-electron chi connectivity index (χ3n) is 3.66. The topological polar surface area (TPSA) is 48.1 Å². The van der Waals surface area contributed by atoms with Crippen LogP contribution >= 0.6 is 0 Å². The highest BCUT2D eigenvalue weighted by Gasteiger charge is 2.14. The molecule has 0 aromatic carbocycles. The van der Waals surface area contributed by atoms with Crippen molar-refractivity contribution in [3.63, 3.8) is 0 Å². The van der Waals surface area contributed by atoms with Gasteiger partial charge in [-0.05, 0) is 49.8 Å². The predicted octanol–water partition coefficient (Wildman–Crippen LogP) is 2.93. The van der Waals surface area contributed by atoms with Crippen LogP contribution in [0.2, 0.25) is 0 Å². The van der Waals surface area contributed by atoms with Crippen LogP contribution in [0.15, 0.2) is 18.3 Å². The van der Waals surface area contributed by atoms with Gasteiger partial charge in [-0.3, -0.25) is 0 Å². The summed E-state index contributed by atoms with van der Waals surface area (Å²) in [7, 11) is 0. The Balaban J connectivity index is 1.80. The first-order valence-corrected chi connectivity index (χ1v) is 7.16. The van der Waals surface area contributed by atoms with E-state index in [-0.39, 0.29) is 0 Å². The lowest BCUT2D eigenvalue weighted by molar-refractivity contribution is 0.203. The molecular formula is C15H24N2O. The number of rotatable bonds is 6. The van der Waals surface area contributed by atoms with Gasteiger partial charge < -0.3 is 10.5 Å². The average molecular weight is 248 g/mol. The third kappa shape index (κ3) is 4.30. The lowest BCUT2D eigenvalue weighted by Crippen LogP contribution is -2.15. The maximum absolute atomic E-state index is 5.82. The zero-order valence-electron chi connectivity index (χ0n) is 11.1. The number of nitrogens with zero attached hydrogens (tertiary/aromatic N) is 1. The third-order valence-corrected chi connectivity index (χ3v) is 3.66. The molecule has 3 nitrogen and oxygen atoms in total. The van der Waals surface area contributed by atoms with Crippen LogP contribution in [-0.2, 0) is 6.42 Å². The second-order valence-electron chi connectivity index (χ2n) is 5.21. The molecule has 0 radical (unpaired) electrons. The smallest absolute Gasteiger partial charge is 0.213 e. The molecular weight excluding hydrogens is 224 g/mol. The second kappa shape index (κ2) is 7.37. The van der Waals surface area contributed by atoms with Gasteiger partial charge in [0.2, 0.25) is 5.88 Å². The fourth-order valence-electron chi connectivity index (χ4n) is 2.55. The van der Waals surface area contributed by atoms with Crippen LogP contribution in [0.5, 0.6) is 5.88 Å². The van der Waals surface area contributed by atoms with Gasteiger partial charge in [-0.1, -0.05) is 19.3 Å². The van der Waals surface area contributed by atoms with Crippen molar-refractivity contribution in [1.82, 2.24) is 4.98 Å². The molecule has 1 aliphatic carbocycles. The summed E-state index contributed by atoms with van der Waals surface area (Å²) in [5.74, 6) is 1.50. The molecule has 0 bridgehead atoms. The van der Waals surface area contributed by atoms with E-state index in [1.807, 2.05) is 12.3 Å². The Bertz CT molecular complexity index is 348. The monoisotopic (exact) mass is 248 g/mol. The van der Waals surface area contributed by atoms with Gasteiger partial charge in [0, 0.05) is 12.3 Å². The fourth-order valence-corrected chi connectivity index (χ4v) is 2.55. The van der Waals surface area contributed by atoms with E-state index in [1.165, 1.54) is 37.7 Å². The Labute approximate surface area is 110 Å². The summed E-state index contributed by atoms with van der Waals surface area (Å²) in [6.07, 6.45) is 10.6. The Morgan fingerprint density at radius 1 is 1.28 bits per heavy atom. The standard InChI is InChI=1S/C15H24N2O/c16-9-4-7-13-8-10-17-15(11-13)18-12-14-5-2-1-3-6-14/h8,10-11,14H,1-7,9,12,16H2. The molecule has 2 N–H and O–H groups in total. The number of hydrogen-bond donors (Lipinski definition) is 1. The summed E-state index contributed by atoms with van der Waals surface area (Å²) in [6.45, 7) is 1.56. The van der Waals surface area contributed by atoms with E-state index < -0.39 is 0 Å². The van der Waals surface area contributed by atoms with Gasteiger partial charge in [0.05, 0.1) is 6.61 Å². The highest BCUT2D eigenvalue weighted by Crippen LogP contribution is 2.24. The summed E-state index contributed by atoms with van der Waals surface area (Å²) >= 11 is 0. The van der Waals surface area contributed by atoms with E-state index in [1.54, 1.807) is 0 Å². The molecule has 100 valence electrons. The predicted molar refractivity (Wildman–Crippen MR) is 73.7 cm³/mol. The van der Waals surface area contributed by atoms with Crippen molar-refractivity contribution in [3.8, 4) is 5.88 Å². The molecule has 1 aliphatic rings. The minimum absolute atomic E-state index is 0.730. The molecule has 1 saturated carbocycles. The first kappa shape index (κ1) is 13.3. The lowest BCUT2D eigenvalue weighted by Gasteiger charge is -2.21. The summed E-state index contributed by atoms with van der Waals surface area (Å²) in [6, 6.07) is 4.10. The van der Waals surface area contributed by atoms with E-state index in [4.69, 9.17) is 10.5 Å². The molecule has 0 atom stereocenters. The quantitative estimate of drug-likeness (QED) is 0.842. The van der Waals surface area contributed by atoms with Gasteiger partial charge in [-0.25, -0.2) is 4.98 Å². The van der Waals surface area contributed by atoms with Gasteiger partial charge >= 0.3 is 0 Å². The molecule has 0 spiro atoms. The number of nitrogens with two attached hydrogens (primary N) is 1. The first-order valence-electron chi connectivity index (χ1n) is 7.16. The maximum atomic E-state index is 5.82. The van der Waals surface area contributed by atoms with E-state index in [0.29, 0.717) is 0 Å². The number of ether oxygens (including phenoxy) is 1. The second-order valence-corrected chi connectivity index (χ2v) is 5.21. The molecule has 1 aromatic rings. The molecule has 1 heterocycles. The Hall–Kier alpha value is -1.09. The summed E-state index contributed by atoms with van der Waals surface area (Å²) in [5.41, 5.74) is 6.80. The van der Waals surface area contributed by atoms with E-state index >= 15 is 0 Å². The van der Waals surface area contributed by atoms with Gasteiger partial charge in [0.1, 0.15) is 0 Å². The Morgan fingerprint density at radius 2 is 2.11 bits per heavy atom. The molecule has 3 heteroatoms. The highest BCUT2D eigenvalue weighted by atomic mass is 16.5. The van der Waals surface area contributed by atoms with Crippen molar-refractivity contribution in [1.29, 1.82) is 0 Å². The molecule has 2 rings (SSSR count). The summed E-state index contributed by atoms with van der Waals surface area (Å²) < 4.78 is 5.82. The zero-order valence-corrected chi connectivity index (χ0v) is 11.1. The normalized spacial score (nSPS) is 16.7. The van der Waals surface area contributed by atoms with Crippen molar-refractivity contribution >= 4 is 0 Å². The van der Waals surface area contributed by atoms with Crippen LogP contribution in [-0.4, -0.2) is 18.1 Å². The Kier molecular flexibility index (Phi) is 5.46. The van der Waals surface area contributed by atoms with E-state index in [0.717, 1.165) is 37.8 Å². The van der Waals surface area contributed by atoms with E-state index in [9.17, 15) is 0 Å². The molecule has 0 unspecified atom stereocenters. The minimum Gasteiger partial charge on any atom is -0.477 e. The van der Waals surface area contributed by atoms with Crippen LogP contribution in [0, 0.1) is 5.92 Å². The van der Waals surface area contributed by atoms with Crippen molar-refractivity contribution in [2.24, 2.45) is 11.7 Å². The number of aryl methyl sites for hydroxylation is 1. The molecule has 1 aromatic heterocycles. The molecule has 18 heavy (non-hydrogen) atoms. The molecule has 0 saturated heterocycles. The van der Waals surface area contributed by atoms with Gasteiger partial charge in [-0.15, -0.1) is 0 Å². The lowest BCUT2D eigenvalue weighted by atomic mass is 9.90. The van der Waals surface area contributed by atoms with Crippen LogP contribution in [0.25, 0.3) is 0 Å². The van der Waals surface area contributed by atoms with Crippen molar-refractivity contribution < 1.29 is 4.74 Å². The van der Waals surface area contributed by atoms with Gasteiger partial charge in [0.15, 0.2) is 0 Å². The number of aromatic nitrogens is 1. The Morgan fingerprint density at radius 3 is 2.89 bits per heavy atom. The summed E-state index contributed by atoms with van der Waals surface area (Å²) in [5, 5.41) is 0. The van der Waals surface area contributed by atoms with E-state index in [2.05, 4.69) is 11.1 Å². The zero-order chi connectivity index (χ0) is 12.6. The van der Waals surface area contributed by atoms with Gasteiger partial charge in [-0.2, -0.15) is 0 Å². The summed E-state index contributed by atoms with van der Waals surface area (Å²) in [4.78, 5) is 4.28.